The first-order valence-corrected chi connectivity index (χ1v) is 4.93. The van der Waals surface area contributed by atoms with Crippen LogP contribution in [0, 0.1) is 5.92 Å². The lowest BCUT2D eigenvalue weighted by atomic mass is 10.0. The topological polar surface area (TPSA) is 43.7 Å². The van der Waals surface area contributed by atoms with E-state index in [0.717, 1.165) is 6.54 Å². The van der Waals surface area contributed by atoms with Gasteiger partial charge in [0.25, 0.3) is 0 Å². The summed E-state index contributed by atoms with van der Waals surface area (Å²) >= 11 is 0. The number of aliphatic hydroxyl groups is 2. The van der Waals surface area contributed by atoms with Crippen LogP contribution < -0.4 is 0 Å². The van der Waals surface area contributed by atoms with Crippen LogP contribution in [0.2, 0.25) is 0 Å². The third-order valence-electron chi connectivity index (χ3n) is 2.91. The Morgan fingerprint density at radius 1 is 1.38 bits per heavy atom. The molecule has 3 heteroatoms. The number of likely N-dealkylation sites (tertiary alicyclic amines) is 1. The molecule has 0 unspecified atom stereocenters. The van der Waals surface area contributed by atoms with Crippen LogP contribution in [0.4, 0.5) is 0 Å². The zero-order chi connectivity index (χ0) is 10.2. The summed E-state index contributed by atoms with van der Waals surface area (Å²) in [7, 11) is 0. The molecule has 1 aliphatic rings. The maximum atomic E-state index is 9.79. The van der Waals surface area contributed by atoms with Crippen LogP contribution in [0.5, 0.6) is 0 Å². The van der Waals surface area contributed by atoms with Gasteiger partial charge in [0.2, 0.25) is 0 Å². The van der Waals surface area contributed by atoms with Crippen LogP contribution in [-0.4, -0.2) is 45.9 Å². The van der Waals surface area contributed by atoms with Gasteiger partial charge in [-0.25, -0.2) is 0 Å². The fourth-order valence-corrected chi connectivity index (χ4v) is 2.10. The molecule has 1 rings (SSSR count). The fourth-order valence-electron chi connectivity index (χ4n) is 2.10. The molecule has 1 aliphatic heterocycles. The molecule has 0 aromatic rings. The molecule has 0 aromatic carbocycles. The van der Waals surface area contributed by atoms with Crippen molar-refractivity contribution in [1.82, 2.24) is 4.90 Å². The molecule has 13 heavy (non-hydrogen) atoms. The summed E-state index contributed by atoms with van der Waals surface area (Å²) in [5.41, 5.74) is 0.0269. The minimum Gasteiger partial charge on any atom is -0.395 e. The van der Waals surface area contributed by atoms with Gasteiger partial charge >= 0.3 is 0 Å². The fraction of sp³-hybridized carbons (Fsp3) is 1.00. The molecule has 0 aromatic heterocycles. The monoisotopic (exact) mass is 187 g/mol. The largest absolute Gasteiger partial charge is 0.395 e. The van der Waals surface area contributed by atoms with E-state index in [2.05, 4.69) is 25.7 Å². The van der Waals surface area contributed by atoms with Gasteiger partial charge in [-0.3, -0.25) is 4.90 Å². The maximum absolute atomic E-state index is 9.79. The van der Waals surface area contributed by atoms with E-state index in [9.17, 15) is 10.2 Å². The first kappa shape index (κ1) is 11.0. The molecule has 0 aliphatic carbocycles. The summed E-state index contributed by atoms with van der Waals surface area (Å²) in [5, 5.41) is 19.0. The molecular weight excluding hydrogens is 166 g/mol. The molecular formula is C10H21NO2. The zero-order valence-corrected chi connectivity index (χ0v) is 8.99. The maximum Gasteiger partial charge on any atom is 0.0755 e. The summed E-state index contributed by atoms with van der Waals surface area (Å²) in [6.45, 7) is 9.28. The second kappa shape index (κ2) is 3.56. The van der Waals surface area contributed by atoms with Gasteiger partial charge in [0.05, 0.1) is 18.8 Å². The van der Waals surface area contributed by atoms with Gasteiger partial charge < -0.3 is 10.2 Å². The second-order valence-electron chi connectivity index (χ2n) is 5.04. The molecule has 1 heterocycles. The van der Waals surface area contributed by atoms with E-state index in [1.807, 2.05) is 6.92 Å². The van der Waals surface area contributed by atoms with Gasteiger partial charge in [-0.05, 0) is 26.7 Å². The molecule has 2 N–H and O–H groups in total. The Bertz CT molecular complexity index is 176. The normalized spacial score (nSPS) is 36.9. The lowest BCUT2D eigenvalue weighted by molar-refractivity contribution is 0.0254. The number of hydrogen-bond donors (Lipinski definition) is 2. The summed E-state index contributed by atoms with van der Waals surface area (Å²) in [5.74, 6) is 0.261. The van der Waals surface area contributed by atoms with E-state index in [0.29, 0.717) is 0 Å². The highest BCUT2D eigenvalue weighted by Gasteiger charge is 2.42. The molecule has 0 bridgehead atoms. The first-order valence-electron chi connectivity index (χ1n) is 4.93. The van der Waals surface area contributed by atoms with Crippen molar-refractivity contribution in [3.05, 3.63) is 0 Å². The van der Waals surface area contributed by atoms with Crippen molar-refractivity contribution in [2.45, 2.75) is 45.4 Å². The highest BCUT2D eigenvalue weighted by molar-refractivity contribution is 4.96. The van der Waals surface area contributed by atoms with Crippen LogP contribution in [0.1, 0.15) is 27.7 Å². The van der Waals surface area contributed by atoms with Gasteiger partial charge in [0.1, 0.15) is 0 Å². The summed E-state index contributed by atoms with van der Waals surface area (Å²) in [6.07, 6.45) is -0.385. The van der Waals surface area contributed by atoms with E-state index in [4.69, 9.17) is 0 Å². The quantitative estimate of drug-likeness (QED) is 0.627. The van der Waals surface area contributed by atoms with E-state index < -0.39 is 0 Å². The molecule has 0 saturated carbocycles. The van der Waals surface area contributed by atoms with Crippen molar-refractivity contribution in [2.24, 2.45) is 5.92 Å². The molecule has 3 nitrogen and oxygen atoms in total. The van der Waals surface area contributed by atoms with Crippen molar-refractivity contribution < 1.29 is 10.2 Å². The minimum absolute atomic E-state index is 0.0269. The van der Waals surface area contributed by atoms with Crippen LogP contribution in [0.3, 0.4) is 0 Å². The highest BCUT2D eigenvalue weighted by atomic mass is 16.3. The molecule has 3 atom stereocenters. The van der Waals surface area contributed by atoms with Crippen LogP contribution in [-0.2, 0) is 0 Å². The van der Waals surface area contributed by atoms with Gasteiger partial charge in [0, 0.05) is 12.1 Å². The standard InChI is InChI=1S/C10H21NO2/c1-7-5-11(10(2,3)4)8(6-12)9(7)13/h7-9,12-13H,5-6H2,1-4H3/t7-,8-,9+/m1/s1. The number of nitrogens with zero attached hydrogens (tertiary/aromatic N) is 1. The Labute approximate surface area is 80.4 Å². The van der Waals surface area contributed by atoms with E-state index in [1.165, 1.54) is 0 Å². The molecule has 0 amide bonds. The molecule has 0 radical (unpaired) electrons. The molecule has 1 saturated heterocycles. The average molecular weight is 187 g/mol. The SMILES string of the molecule is C[C@@H]1CN(C(C)(C)C)[C@H](CO)[C@H]1O. The van der Waals surface area contributed by atoms with Gasteiger partial charge in [-0.1, -0.05) is 6.92 Å². The van der Waals surface area contributed by atoms with E-state index in [-0.39, 0.29) is 30.2 Å². The lowest BCUT2D eigenvalue weighted by Crippen LogP contribution is -2.48. The Morgan fingerprint density at radius 3 is 2.23 bits per heavy atom. The zero-order valence-electron chi connectivity index (χ0n) is 8.99. The Balaban J connectivity index is 2.77. The molecule has 1 fully saturated rings. The summed E-state index contributed by atoms with van der Waals surface area (Å²) in [4.78, 5) is 2.18. The van der Waals surface area contributed by atoms with Crippen molar-refractivity contribution >= 4 is 0 Å². The third kappa shape index (κ3) is 2.03. The minimum atomic E-state index is -0.385. The van der Waals surface area contributed by atoms with Gasteiger partial charge in [0.15, 0.2) is 0 Å². The molecule has 78 valence electrons. The average Bonchev–Trinajstić information content (AvgIpc) is 2.28. The molecule has 0 spiro atoms. The first-order chi connectivity index (χ1) is 5.88. The van der Waals surface area contributed by atoms with Crippen molar-refractivity contribution in [3.63, 3.8) is 0 Å². The van der Waals surface area contributed by atoms with Crippen molar-refractivity contribution in [3.8, 4) is 0 Å². The second-order valence-corrected chi connectivity index (χ2v) is 5.04. The predicted molar refractivity (Wildman–Crippen MR) is 52.5 cm³/mol. The Hall–Kier alpha value is -0.120. The van der Waals surface area contributed by atoms with Crippen LogP contribution >= 0.6 is 0 Å². The van der Waals surface area contributed by atoms with Crippen molar-refractivity contribution in [1.29, 1.82) is 0 Å². The smallest absolute Gasteiger partial charge is 0.0755 e. The number of aliphatic hydroxyl groups excluding tert-OH is 2. The third-order valence-corrected chi connectivity index (χ3v) is 2.91. The van der Waals surface area contributed by atoms with Crippen molar-refractivity contribution in [2.75, 3.05) is 13.2 Å². The Morgan fingerprint density at radius 2 is 1.92 bits per heavy atom. The van der Waals surface area contributed by atoms with Crippen LogP contribution in [0.25, 0.3) is 0 Å². The van der Waals surface area contributed by atoms with Crippen LogP contribution in [0.15, 0.2) is 0 Å². The predicted octanol–water partition coefficient (Wildman–Crippen LogP) is 0.458. The van der Waals surface area contributed by atoms with E-state index >= 15 is 0 Å². The summed E-state index contributed by atoms with van der Waals surface area (Å²) in [6, 6.07) is -0.0880. The van der Waals surface area contributed by atoms with Gasteiger partial charge in [-0.15, -0.1) is 0 Å². The van der Waals surface area contributed by atoms with Gasteiger partial charge in [-0.2, -0.15) is 0 Å². The number of hydrogen-bond acceptors (Lipinski definition) is 3. The Kier molecular flexibility index (Phi) is 3.00. The number of rotatable bonds is 1. The van der Waals surface area contributed by atoms with E-state index in [1.54, 1.807) is 0 Å². The highest BCUT2D eigenvalue weighted by Crippen LogP contribution is 2.29. The lowest BCUT2D eigenvalue weighted by Gasteiger charge is -2.36. The summed E-state index contributed by atoms with van der Waals surface area (Å²) < 4.78 is 0.